The number of rotatable bonds is 8. The molecule has 1 fully saturated rings. The third-order valence-electron chi connectivity index (χ3n) is 7.11. The first kappa shape index (κ1) is 26.8. The molecule has 10 nitrogen and oxygen atoms in total. The third-order valence-corrected chi connectivity index (χ3v) is 7.11. The van der Waals surface area contributed by atoms with Gasteiger partial charge in [-0.05, 0) is 51.8 Å². The number of methoxy groups -OCH3 is 1. The van der Waals surface area contributed by atoms with Crippen molar-refractivity contribution in [2.45, 2.75) is 46.3 Å². The SMILES string of the molecule is COc1cc(N)c(C(=N)c2cnc(N3CCC(C(C)(C)O)C3)c(C#N)c2)cc1OCc1c(C)cnnc1C. The van der Waals surface area contributed by atoms with E-state index < -0.39 is 5.60 Å². The number of aromatic nitrogens is 3. The van der Waals surface area contributed by atoms with Crippen LogP contribution in [0.2, 0.25) is 0 Å². The molecule has 1 aliphatic rings. The predicted molar refractivity (Wildman–Crippen MR) is 145 cm³/mol. The Kier molecular flexibility index (Phi) is 7.51. The van der Waals surface area contributed by atoms with Gasteiger partial charge in [0.15, 0.2) is 11.5 Å². The minimum Gasteiger partial charge on any atom is -0.493 e. The number of nitrogens with zero attached hydrogens (tertiary/aromatic N) is 5. The van der Waals surface area contributed by atoms with Crippen LogP contribution in [0.1, 0.15) is 53.8 Å². The maximum absolute atomic E-state index is 10.4. The van der Waals surface area contributed by atoms with E-state index >= 15 is 0 Å². The van der Waals surface area contributed by atoms with E-state index in [-0.39, 0.29) is 18.2 Å². The highest BCUT2D eigenvalue weighted by Crippen LogP contribution is 2.35. The van der Waals surface area contributed by atoms with E-state index in [0.29, 0.717) is 52.8 Å². The maximum Gasteiger partial charge on any atom is 0.162 e. The lowest BCUT2D eigenvalue weighted by atomic mass is 9.90. The van der Waals surface area contributed by atoms with Crippen LogP contribution in [0, 0.1) is 36.5 Å². The zero-order valence-corrected chi connectivity index (χ0v) is 22.4. The number of nitriles is 1. The van der Waals surface area contributed by atoms with Crippen LogP contribution in [0.5, 0.6) is 11.5 Å². The first-order valence-corrected chi connectivity index (χ1v) is 12.4. The highest BCUT2D eigenvalue weighted by atomic mass is 16.5. The number of benzene rings is 1. The van der Waals surface area contributed by atoms with E-state index in [9.17, 15) is 10.4 Å². The monoisotopic (exact) mass is 515 g/mol. The molecule has 0 saturated carbocycles. The topological polar surface area (TPSA) is 154 Å². The molecule has 10 heteroatoms. The predicted octanol–water partition coefficient (Wildman–Crippen LogP) is 3.54. The van der Waals surface area contributed by atoms with E-state index in [0.717, 1.165) is 23.2 Å². The van der Waals surface area contributed by atoms with E-state index in [1.165, 1.54) is 7.11 Å². The molecule has 2 aromatic heterocycles. The molecule has 1 aliphatic heterocycles. The lowest BCUT2D eigenvalue weighted by molar-refractivity contribution is 0.0263. The summed E-state index contributed by atoms with van der Waals surface area (Å²) in [6.07, 6.45) is 4.08. The highest BCUT2D eigenvalue weighted by Gasteiger charge is 2.34. The molecule has 0 bridgehead atoms. The smallest absolute Gasteiger partial charge is 0.162 e. The van der Waals surface area contributed by atoms with Crippen LogP contribution in [0.15, 0.2) is 30.6 Å². The van der Waals surface area contributed by atoms with Crippen molar-refractivity contribution in [3.63, 3.8) is 0 Å². The Balaban J connectivity index is 1.61. The highest BCUT2D eigenvalue weighted by molar-refractivity contribution is 6.14. The van der Waals surface area contributed by atoms with Crippen molar-refractivity contribution in [1.29, 1.82) is 10.7 Å². The number of nitrogens with one attached hydrogen (secondary N) is 1. The van der Waals surface area contributed by atoms with Crippen molar-refractivity contribution in [2.24, 2.45) is 5.92 Å². The molecule has 38 heavy (non-hydrogen) atoms. The zero-order valence-electron chi connectivity index (χ0n) is 22.4. The summed E-state index contributed by atoms with van der Waals surface area (Å²) in [7, 11) is 1.53. The Labute approximate surface area is 222 Å². The number of nitrogens with two attached hydrogens (primary N) is 1. The number of ether oxygens (including phenoxy) is 2. The molecule has 0 amide bonds. The summed E-state index contributed by atoms with van der Waals surface area (Å²) in [5, 5.41) is 37.2. The first-order chi connectivity index (χ1) is 18.0. The fourth-order valence-corrected chi connectivity index (χ4v) is 4.67. The molecule has 1 aromatic carbocycles. The van der Waals surface area contributed by atoms with Crippen LogP contribution in [-0.4, -0.2) is 51.8 Å². The Hall–Kier alpha value is -4.23. The van der Waals surface area contributed by atoms with Gasteiger partial charge in [0.1, 0.15) is 18.5 Å². The quantitative estimate of drug-likeness (QED) is 0.302. The summed E-state index contributed by atoms with van der Waals surface area (Å²) >= 11 is 0. The molecule has 1 unspecified atom stereocenters. The van der Waals surface area contributed by atoms with Crippen molar-refractivity contribution in [3.8, 4) is 17.6 Å². The summed E-state index contributed by atoms with van der Waals surface area (Å²) in [6.45, 7) is 8.98. The molecule has 0 radical (unpaired) electrons. The van der Waals surface area contributed by atoms with Gasteiger partial charge >= 0.3 is 0 Å². The first-order valence-electron chi connectivity index (χ1n) is 12.4. The molecule has 198 valence electrons. The van der Waals surface area contributed by atoms with Crippen molar-refractivity contribution in [3.05, 3.63) is 64.1 Å². The Morgan fingerprint density at radius 1 is 1.26 bits per heavy atom. The van der Waals surface area contributed by atoms with E-state index in [2.05, 4.69) is 21.3 Å². The lowest BCUT2D eigenvalue weighted by Gasteiger charge is -2.26. The Bertz CT molecular complexity index is 1390. The summed E-state index contributed by atoms with van der Waals surface area (Å²) in [4.78, 5) is 6.56. The van der Waals surface area contributed by atoms with Gasteiger partial charge in [-0.3, -0.25) is 5.41 Å². The van der Waals surface area contributed by atoms with Gasteiger partial charge in [-0.25, -0.2) is 4.98 Å². The molecule has 0 spiro atoms. The second-order valence-electron chi connectivity index (χ2n) is 10.1. The second kappa shape index (κ2) is 10.6. The number of aliphatic hydroxyl groups is 1. The average Bonchev–Trinajstić information content (AvgIpc) is 3.39. The number of aryl methyl sites for hydroxylation is 2. The van der Waals surface area contributed by atoms with Crippen LogP contribution in [0.4, 0.5) is 11.5 Å². The van der Waals surface area contributed by atoms with Gasteiger partial charge in [0.25, 0.3) is 0 Å². The van der Waals surface area contributed by atoms with Gasteiger partial charge in [-0.1, -0.05) is 0 Å². The van der Waals surface area contributed by atoms with Gasteiger partial charge in [0.05, 0.1) is 35.9 Å². The van der Waals surface area contributed by atoms with Crippen molar-refractivity contribution in [1.82, 2.24) is 15.2 Å². The molecule has 1 saturated heterocycles. The average molecular weight is 516 g/mol. The van der Waals surface area contributed by atoms with Gasteiger partial charge in [-0.15, -0.1) is 0 Å². The summed E-state index contributed by atoms with van der Waals surface area (Å²) in [5.41, 5.74) is 9.85. The van der Waals surface area contributed by atoms with Gasteiger partial charge in [0, 0.05) is 53.6 Å². The van der Waals surface area contributed by atoms with Crippen LogP contribution >= 0.6 is 0 Å². The van der Waals surface area contributed by atoms with E-state index in [1.54, 1.807) is 44.4 Å². The zero-order chi connectivity index (χ0) is 27.6. The number of anilines is 2. The second-order valence-corrected chi connectivity index (χ2v) is 10.1. The van der Waals surface area contributed by atoms with Crippen molar-refractivity contribution < 1.29 is 14.6 Å². The minimum atomic E-state index is -0.805. The van der Waals surface area contributed by atoms with Crippen LogP contribution in [0.3, 0.4) is 0 Å². The number of hydrogen-bond acceptors (Lipinski definition) is 10. The molecule has 1 atom stereocenters. The molecular weight excluding hydrogens is 482 g/mol. The fraction of sp³-hybridized carbons (Fsp3) is 0.393. The molecule has 4 rings (SSSR count). The van der Waals surface area contributed by atoms with E-state index in [1.807, 2.05) is 18.7 Å². The number of hydrogen-bond donors (Lipinski definition) is 3. The van der Waals surface area contributed by atoms with E-state index in [4.69, 9.17) is 20.6 Å². The van der Waals surface area contributed by atoms with Crippen LogP contribution in [-0.2, 0) is 6.61 Å². The molecule has 0 aliphatic carbocycles. The summed E-state index contributed by atoms with van der Waals surface area (Å²) in [6, 6.07) is 7.16. The lowest BCUT2D eigenvalue weighted by Crippen LogP contribution is -2.33. The maximum atomic E-state index is 10.4. The minimum absolute atomic E-state index is 0.0850. The Morgan fingerprint density at radius 2 is 2.03 bits per heavy atom. The number of nitrogen functional groups attached to an aromatic ring is 1. The van der Waals surface area contributed by atoms with Gasteiger partial charge < -0.3 is 25.2 Å². The molecule has 4 N–H and O–H groups in total. The fourth-order valence-electron chi connectivity index (χ4n) is 4.67. The summed E-state index contributed by atoms with van der Waals surface area (Å²) < 4.78 is 11.6. The normalized spacial score (nSPS) is 15.3. The molecule has 3 aromatic rings. The van der Waals surface area contributed by atoms with Crippen LogP contribution < -0.4 is 20.1 Å². The third kappa shape index (κ3) is 5.38. The molecular formula is C28H33N7O3. The van der Waals surface area contributed by atoms with Crippen molar-refractivity contribution in [2.75, 3.05) is 30.8 Å². The standard InChI is InChI=1S/C28H33N7O3/c1-16-12-33-34-17(2)22(16)15-38-25-9-21(23(30)10-24(25)37-5)26(31)19-8-18(11-29)27(32-13-19)35-7-6-20(14-35)28(3,4)36/h8-10,12-13,20,31,36H,6-7,14-15,30H2,1-5H3. The van der Waals surface area contributed by atoms with Gasteiger partial charge in [0.2, 0.25) is 0 Å². The van der Waals surface area contributed by atoms with Crippen molar-refractivity contribution >= 4 is 17.2 Å². The molecule has 3 heterocycles. The van der Waals surface area contributed by atoms with Crippen LogP contribution in [0.25, 0.3) is 0 Å². The van der Waals surface area contributed by atoms with Gasteiger partial charge in [-0.2, -0.15) is 15.5 Å². The number of pyridine rings is 1. The Morgan fingerprint density at radius 3 is 2.66 bits per heavy atom. The largest absolute Gasteiger partial charge is 0.493 e. The summed E-state index contributed by atoms with van der Waals surface area (Å²) in [5.74, 6) is 1.51.